The van der Waals surface area contributed by atoms with E-state index in [9.17, 15) is 9.59 Å². The van der Waals surface area contributed by atoms with Gasteiger partial charge in [0, 0.05) is 17.8 Å². The maximum Gasteiger partial charge on any atom is 0.298 e. The zero-order valence-electron chi connectivity index (χ0n) is 18.2. The fourth-order valence-corrected chi connectivity index (χ4v) is 5.65. The highest BCUT2D eigenvalue weighted by Gasteiger charge is 2.38. The Morgan fingerprint density at radius 3 is 2.53 bits per heavy atom. The van der Waals surface area contributed by atoms with Crippen LogP contribution in [0.15, 0.2) is 47.4 Å². The fourth-order valence-electron chi connectivity index (χ4n) is 4.81. The number of para-hydroxylation sites is 1. The SMILES string of the molecule is CCN1c2cc(C)c(/C=C3/SC(=O)N(c4ccccc4)C3=O)cc2C(C)CC1(C)C. The van der Waals surface area contributed by atoms with Crippen molar-refractivity contribution in [1.29, 1.82) is 0 Å². The second kappa shape index (κ2) is 7.62. The molecule has 1 atom stereocenters. The van der Waals surface area contributed by atoms with Gasteiger partial charge >= 0.3 is 0 Å². The molecule has 156 valence electrons. The van der Waals surface area contributed by atoms with Crippen LogP contribution < -0.4 is 9.80 Å². The van der Waals surface area contributed by atoms with E-state index in [0.29, 0.717) is 16.5 Å². The zero-order valence-corrected chi connectivity index (χ0v) is 19.0. The molecular formula is C25H28N2O2S. The molecule has 4 rings (SSSR count). The van der Waals surface area contributed by atoms with Gasteiger partial charge in [0.1, 0.15) is 0 Å². The Kier molecular flexibility index (Phi) is 5.27. The van der Waals surface area contributed by atoms with E-state index in [-0.39, 0.29) is 16.7 Å². The van der Waals surface area contributed by atoms with Gasteiger partial charge in [-0.2, -0.15) is 0 Å². The van der Waals surface area contributed by atoms with Crippen LogP contribution in [0.3, 0.4) is 0 Å². The lowest BCUT2D eigenvalue weighted by Crippen LogP contribution is -2.48. The highest BCUT2D eigenvalue weighted by molar-refractivity contribution is 8.19. The molecule has 2 aliphatic heterocycles. The van der Waals surface area contributed by atoms with Crippen LogP contribution in [-0.4, -0.2) is 23.2 Å². The number of fused-ring (bicyclic) bond motifs is 1. The topological polar surface area (TPSA) is 40.6 Å². The Morgan fingerprint density at radius 2 is 1.87 bits per heavy atom. The average molecular weight is 421 g/mol. The molecular weight excluding hydrogens is 392 g/mol. The minimum Gasteiger partial charge on any atom is -0.366 e. The van der Waals surface area contributed by atoms with Crippen LogP contribution in [0.2, 0.25) is 0 Å². The van der Waals surface area contributed by atoms with Gasteiger partial charge < -0.3 is 4.90 Å². The third kappa shape index (κ3) is 3.45. The first-order valence-corrected chi connectivity index (χ1v) is 11.3. The molecule has 4 nitrogen and oxygen atoms in total. The molecule has 0 radical (unpaired) electrons. The van der Waals surface area contributed by atoms with Crippen LogP contribution >= 0.6 is 11.8 Å². The molecule has 0 bridgehead atoms. The summed E-state index contributed by atoms with van der Waals surface area (Å²) in [4.78, 5) is 29.7. The van der Waals surface area contributed by atoms with E-state index in [0.717, 1.165) is 35.9 Å². The summed E-state index contributed by atoms with van der Waals surface area (Å²) < 4.78 is 0. The number of imide groups is 1. The summed E-state index contributed by atoms with van der Waals surface area (Å²) in [6, 6.07) is 13.6. The van der Waals surface area contributed by atoms with Gasteiger partial charge in [0.15, 0.2) is 0 Å². The molecule has 2 heterocycles. The summed E-state index contributed by atoms with van der Waals surface area (Å²) in [5, 5.41) is -0.250. The molecule has 1 fully saturated rings. The first kappa shape index (κ1) is 20.7. The van der Waals surface area contributed by atoms with E-state index in [2.05, 4.69) is 51.7 Å². The van der Waals surface area contributed by atoms with Crippen LogP contribution in [0.25, 0.3) is 6.08 Å². The molecule has 1 unspecified atom stereocenters. The van der Waals surface area contributed by atoms with Crippen molar-refractivity contribution >= 4 is 40.4 Å². The van der Waals surface area contributed by atoms with Gasteiger partial charge in [0.2, 0.25) is 0 Å². The predicted molar refractivity (Wildman–Crippen MR) is 126 cm³/mol. The number of carbonyl (C=O) groups is 2. The zero-order chi connectivity index (χ0) is 21.6. The van der Waals surface area contributed by atoms with Gasteiger partial charge in [-0.05, 0) is 98.8 Å². The highest BCUT2D eigenvalue weighted by atomic mass is 32.2. The number of carbonyl (C=O) groups excluding carboxylic acids is 2. The summed E-state index contributed by atoms with van der Waals surface area (Å²) in [6.45, 7) is 12.1. The molecule has 0 aromatic heterocycles. The average Bonchev–Trinajstić information content (AvgIpc) is 2.96. The number of benzene rings is 2. The number of hydrogen-bond donors (Lipinski definition) is 0. The molecule has 2 aromatic rings. The lowest BCUT2D eigenvalue weighted by atomic mass is 9.79. The third-order valence-electron chi connectivity index (χ3n) is 6.18. The van der Waals surface area contributed by atoms with Crippen molar-refractivity contribution in [1.82, 2.24) is 0 Å². The largest absolute Gasteiger partial charge is 0.366 e. The van der Waals surface area contributed by atoms with Gasteiger partial charge in [-0.3, -0.25) is 9.59 Å². The first-order valence-electron chi connectivity index (χ1n) is 10.5. The van der Waals surface area contributed by atoms with E-state index in [1.54, 1.807) is 12.1 Å². The Labute approximate surface area is 182 Å². The maximum absolute atomic E-state index is 13.0. The second-order valence-electron chi connectivity index (χ2n) is 8.78. The summed E-state index contributed by atoms with van der Waals surface area (Å²) in [5.41, 5.74) is 5.45. The molecule has 0 aliphatic carbocycles. The minimum atomic E-state index is -0.252. The van der Waals surface area contributed by atoms with Crippen molar-refractivity contribution in [3.05, 3.63) is 64.1 Å². The minimum absolute atomic E-state index is 0.119. The maximum atomic E-state index is 13.0. The number of amides is 2. The molecule has 0 spiro atoms. The van der Waals surface area contributed by atoms with E-state index in [1.807, 2.05) is 24.3 Å². The number of aryl methyl sites for hydroxylation is 1. The number of anilines is 2. The van der Waals surface area contributed by atoms with Crippen molar-refractivity contribution < 1.29 is 9.59 Å². The first-order chi connectivity index (χ1) is 14.2. The second-order valence-corrected chi connectivity index (χ2v) is 9.78. The van der Waals surface area contributed by atoms with E-state index < -0.39 is 0 Å². The quantitative estimate of drug-likeness (QED) is 0.543. The van der Waals surface area contributed by atoms with Gasteiger partial charge in [0.05, 0.1) is 10.6 Å². The number of thioether (sulfide) groups is 1. The lowest BCUT2D eigenvalue weighted by molar-refractivity contribution is -0.113. The van der Waals surface area contributed by atoms with Gasteiger partial charge in [0.25, 0.3) is 11.1 Å². The van der Waals surface area contributed by atoms with E-state index in [1.165, 1.54) is 16.2 Å². The van der Waals surface area contributed by atoms with Crippen molar-refractivity contribution in [2.45, 2.75) is 52.5 Å². The van der Waals surface area contributed by atoms with Crippen LogP contribution in [0.1, 0.15) is 56.7 Å². The molecule has 1 saturated heterocycles. The molecule has 5 heteroatoms. The Balaban J connectivity index is 1.73. The van der Waals surface area contributed by atoms with Crippen LogP contribution in [0.4, 0.5) is 16.2 Å². The van der Waals surface area contributed by atoms with Crippen molar-refractivity contribution in [2.24, 2.45) is 0 Å². The third-order valence-corrected chi connectivity index (χ3v) is 7.05. The molecule has 2 aliphatic rings. The number of hydrogen-bond acceptors (Lipinski definition) is 4. The normalized spacial score (nSPS) is 22.0. The molecule has 0 saturated carbocycles. The Hall–Kier alpha value is -2.53. The highest BCUT2D eigenvalue weighted by Crippen LogP contribution is 2.45. The molecule has 2 aromatic carbocycles. The van der Waals surface area contributed by atoms with Crippen LogP contribution in [0, 0.1) is 6.92 Å². The fraction of sp³-hybridized carbons (Fsp3) is 0.360. The summed E-state index contributed by atoms with van der Waals surface area (Å²) >= 11 is 1.01. The Morgan fingerprint density at radius 1 is 1.17 bits per heavy atom. The smallest absolute Gasteiger partial charge is 0.298 e. The molecule has 2 amide bonds. The lowest BCUT2D eigenvalue weighted by Gasteiger charge is -2.47. The summed E-state index contributed by atoms with van der Waals surface area (Å²) in [6.07, 6.45) is 2.97. The molecule has 0 N–H and O–H groups in total. The van der Waals surface area contributed by atoms with Gasteiger partial charge in [-0.15, -0.1) is 0 Å². The van der Waals surface area contributed by atoms with E-state index >= 15 is 0 Å². The van der Waals surface area contributed by atoms with Crippen LogP contribution in [0.5, 0.6) is 0 Å². The van der Waals surface area contributed by atoms with Crippen molar-refractivity contribution in [3.8, 4) is 0 Å². The van der Waals surface area contributed by atoms with Gasteiger partial charge in [-0.25, -0.2) is 4.90 Å². The van der Waals surface area contributed by atoms with E-state index in [4.69, 9.17) is 0 Å². The van der Waals surface area contributed by atoms with Crippen molar-refractivity contribution in [3.63, 3.8) is 0 Å². The predicted octanol–water partition coefficient (Wildman–Crippen LogP) is 6.35. The monoisotopic (exact) mass is 420 g/mol. The summed E-state index contributed by atoms with van der Waals surface area (Å²) in [5.74, 6) is 0.183. The number of rotatable bonds is 3. The van der Waals surface area contributed by atoms with Crippen molar-refractivity contribution in [2.75, 3.05) is 16.3 Å². The van der Waals surface area contributed by atoms with Crippen LogP contribution in [-0.2, 0) is 4.79 Å². The Bertz CT molecular complexity index is 1040. The summed E-state index contributed by atoms with van der Waals surface area (Å²) in [7, 11) is 0. The molecule has 30 heavy (non-hydrogen) atoms. The number of nitrogens with zero attached hydrogens (tertiary/aromatic N) is 2. The van der Waals surface area contributed by atoms with Gasteiger partial charge in [-0.1, -0.05) is 25.1 Å². The standard InChI is InChI=1S/C25H28N2O2S/c1-6-26-21-12-16(2)18(13-20(21)17(3)15-25(26,4)5)14-22-23(28)27(24(29)30-22)19-10-8-7-9-11-19/h7-14,17H,6,15H2,1-5H3/b22-14+.